The van der Waals surface area contributed by atoms with Crippen LogP contribution in [0, 0.1) is 5.92 Å². The molecule has 4 heteroatoms. The van der Waals surface area contributed by atoms with Crippen molar-refractivity contribution in [2.45, 2.75) is 44.6 Å². The highest BCUT2D eigenvalue weighted by molar-refractivity contribution is 6.61. The van der Waals surface area contributed by atoms with Crippen molar-refractivity contribution in [3.63, 3.8) is 0 Å². The van der Waals surface area contributed by atoms with E-state index >= 15 is 0 Å². The van der Waals surface area contributed by atoms with Gasteiger partial charge < -0.3 is 14.0 Å². The predicted octanol–water partition coefficient (Wildman–Crippen LogP) is 2.74. The highest BCUT2D eigenvalue weighted by Gasteiger charge is 2.29. The van der Waals surface area contributed by atoms with Crippen LogP contribution < -0.4 is 5.46 Å². The summed E-state index contributed by atoms with van der Waals surface area (Å²) in [5, 5.41) is 0. The Kier molecular flexibility index (Phi) is 4.99. The normalized spacial score (nSPS) is 27.8. The molecule has 1 saturated carbocycles. The fourth-order valence-corrected chi connectivity index (χ4v) is 3.33. The summed E-state index contributed by atoms with van der Waals surface area (Å²) in [5.41, 5.74) is 2.58. The van der Waals surface area contributed by atoms with Gasteiger partial charge in [-0.2, -0.15) is 0 Å². The number of ether oxygens (including phenoxy) is 1. The Bertz CT molecular complexity index is 432. The van der Waals surface area contributed by atoms with Crippen molar-refractivity contribution >= 4 is 12.6 Å². The summed E-state index contributed by atoms with van der Waals surface area (Å²) < 4.78 is 16.7. The quantitative estimate of drug-likeness (QED) is 0.800. The Morgan fingerprint density at radius 1 is 1.00 bits per heavy atom. The summed E-state index contributed by atoms with van der Waals surface area (Å²) in [5.74, 6) is 1.64. The van der Waals surface area contributed by atoms with Crippen molar-refractivity contribution in [2.75, 3.05) is 20.3 Å². The molecular formula is C17H25BO3. The number of rotatable bonds is 3. The third-order valence-corrected chi connectivity index (χ3v) is 4.90. The van der Waals surface area contributed by atoms with Crippen LogP contribution in [0.15, 0.2) is 24.3 Å². The number of methoxy groups -OCH3 is 1. The van der Waals surface area contributed by atoms with E-state index in [0.29, 0.717) is 13.2 Å². The lowest BCUT2D eigenvalue weighted by atomic mass is 9.75. The maximum atomic E-state index is 5.72. The van der Waals surface area contributed by atoms with Crippen LogP contribution in [0.25, 0.3) is 0 Å². The Morgan fingerprint density at radius 3 is 2.19 bits per heavy atom. The Balaban J connectivity index is 1.59. The lowest BCUT2D eigenvalue weighted by Gasteiger charge is -2.28. The largest absolute Gasteiger partial charge is 0.494 e. The van der Waals surface area contributed by atoms with Crippen molar-refractivity contribution in [2.24, 2.45) is 5.92 Å². The van der Waals surface area contributed by atoms with Crippen molar-refractivity contribution in [1.82, 2.24) is 0 Å². The van der Waals surface area contributed by atoms with Crippen LogP contribution in [-0.2, 0) is 14.0 Å². The van der Waals surface area contributed by atoms with Crippen LogP contribution in [0.4, 0.5) is 0 Å². The summed E-state index contributed by atoms with van der Waals surface area (Å²) >= 11 is 0. The van der Waals surface area contributed by atoms with E-state index < -0.39 is 0 Å². The molecule has 2 aliphatic rings. The van der Waals surface area contributed by atoms with Gasteiger partial charge in [0.05, 0.1) is 13.2 Å². The lowest BCUT2D eigenvalue weighted by molar-refractivity contribution is -0.0186. The molecule has 3 rings (SSSR count). The van der Waals surface area contributed by atoms with E-state index in [9.17, 15) is 0 Å². The minimum absolute atomic E-state index is 0.0600. The summed E-state index contributed by atoms with van der Waals surface area (Å²) in [6, 6.07) is 8.83. The van der Waals surface area contributed by atoms with Gasteiger partial charge >= 0.3 is 7.12 Å². The van der Waals surface area contributed by atoms with Crippen molar-refractivity contribution in [3.8, 4) is 0 Å². The Hall–Kier alpha value is -0.835. The third-order valence-electron chi connectivity index (χ3n) is 4.90. The maximum absolute atomic E-state index is 5.72. The average Bonchev–Trinajstić information content (AvgIpc) is 2.56. The van der Waals surface area contributed by atoms with Gasteiger partial charge in [-0.3, -0.25) is 0 Å². The molecule has 0 atom stereocenters. The minimum Gasteiger partial charge on any atom is -0.404 e. The second-order valence-electron chi connectivity index (χ2n) is 6.48. The second-order valence-corrected chi connectivity index (χ2v) is 6.48. The first-order valence-corrected chi connectivity index (χ1v) is 8.12. The summed E-state index contributed by atoms with van der Waals surface area (Å²) in [6.45, 7) is 3.57. The molecule has 2 fully saturated rings. The van der Waals surface area contributed by atoms with Gasteiger partial charge in [0, 0.05) is 7.11 Å². The number of hydrogen-bond donors (Lipinski definition) is 0. The van der Waals surface area contributed by atoms with Crippen molar-refractivity contribution < 1.29 is 14.0 Å². The molecule has 21 heavy (non-hydrogen) atoms. The molecule has 0 radical (unpaired) electrons. The highest BCUT2D eigenvalue weighted by atomic mass is 16.6. The van der Waals surface area contributed by atoms with Gasteiger partial charge in [0.2, 0.25) is 0 Å². The first kappa shape index (κ1) is 15.1. The van der Waals surface area contributed by atoms with Gasteiger partial charge in [0.1, 0.15) is 6.10 Å². The van der Waals surface area contributed by atoms with E-state index in [1.165, 1.54) is 31.2 Å². The molecule has 1 aromatic carbocycles. The maximum Gasteiger partial charge on any atom is 0.494 e. The molecule has 114 valence electrons. The molecule has 1 saturated heterocycles. The van der Waals surface area contributed by atoms with E-state index in [2.05, 4.69) is 31.2 Å². The molecule has 0 N–H and O–H groups in total. The summed E-state index contributed by atoms with van der Waals surface area (Å²) in [6.07, 6.45) is 5.43. The fourth-order valence-electron chi connectivity index (χ4n) is 3.33. The SMILES string of the molecule is COC1COB(c2ccc(C3CCC(C)CC3)cc2)OC1. The molecular weight excluding hydrogens is 263 g/mol. The first-order valence-electron chi connectivity index (χ1n) is 8.12. The highest BCUT2D eigenvalue weighted by Crippen LogP contribution is 2.35. The summed E-state index contributed by atoms with van der Waals surface area (Å²) in [7, 11) is 1.45. The van der Waals surface area contributed by atoms with Crippen LogP contribution in [0.1, 0.15) is 44.1 Å². The monoisotopic (exact) mass is 288 g/mol. The number of benzene rings is 1. The third kappa shape index (κ3) is 3.68. The van der Waals surface area contributed by atoms with Crippen LogP contribution in [0.5, 0.6) is 0 Å². The molecule has 1 aromatic rings. The average molecular weight is 288 g/mol. The standard InChI is InChI=1S/C17H25BO3/c1-13-3-5-14(6-4-13)15-7-9-16(10-8-15)18-20-11-17(19-2)12-21-18/h7-10,13-14,17H,3-6,11-12H2,1-2H3. The predicted molar refractivity (Wildman–Crippen MR) is 84.9 cm³/mol. The molecule has 0 aromatic heterocycles. The summed E-state index contributed by atoms with van der Waals surface area (Å²) in [4.78, 5) is 0. The molecule has 1 aliphatic carbocycles. The smallest absolute Gasteiger partial charge is 0.404 e. The zero-order valence-electron chi connectivity index (χ0n) is 13.1. The topological polar surface area (TPSA) is 27.7 Å². The Morgan fingerprint density at radius 2 is 1.62 bits per heavy atom. The van der Waals surface area contributed by atoms with E-state index in [1.54, 1.807) is 7.11 Å². The molecule has 0 spiro atoms. The molecule has 1 heterocycles. The minimum atomic E-state index is -0.239. The van der Waals surface area contributed by atoms with Crippen LogP contribution >= 0.6 is 0 Å². The van der Waals surface area contributed by atoms with Gasteiger partial charge in [-0.25, -0.2) is 0 Å². The number of hydrogen-bond acceptors (Lipinski definition) is 3. The van der Waals surface area contributed by atoms with Gasteiger partial charge in [0.25, 0.3) is 0 Å². The zero-order valence-corrected chi connectivity index (χ0v) is 13.1. The van der Waals surface area contributed by atoms with E-state index in [-0.39, 0.29) is 13.2 Å². The molecule has 0 bridgehead atoms. The molecule has 1 aliphatic heterocycles. The second kappa shape index (κ2) is 6.95. The van der Waals surface area contributed by atoms with E-state index in [1.807, 2.05) is 0 Å². The van der Waals surface area contributed by atoms with Crippen molar-refractivity contribution in [3.05, 3.63) is 29.8 Å². The van der Waals surface area contributed by atoms with Gasteiger partial charge in [-0.1, -0.05) is 44.0 Å². The molecule has 0 amide bonds. The van der Waals surface area contributed by atoms with Gasteiger partial charge in [-0.15, -0.1) is 0 Å². The first-order chi connectivity index (χ1) is 10.3. The van der Waals surface area contributed by atoms with E-state index in [0.717, 1.165) is 17.3 Å². The van der Waals surface area contributed by atoms with Crippen LogP contribution in [-0.4, -0.2) is 33.5 Å². The zero-order chi connectivity index (χ0) is 14.7. The van der Waals surface area contributed by atoms with Gasteiger partial charge in [-0.05, 0) is 35.7 Å². The van der Waals surface area contributed by atoms with Crippen molar-refractivity contribution in [1.29, 1.82) is 0 Å². The van der Waals surface area contributed by atoms with Gasteiger partial charge in [0.15, 0.2) is 0 Å². The Labute approximate surface area is 128 Å². The van der Waals surface area contributed by atoms with Crippen LogP contribution in [0.3, 0.4) is 0 Å². The fraction of sp³-hybridized carbons (Fsp3) is 0.647. The van der Waals surface area contributed by atoms with E-state index in [4.69, 9.17) is 14.0 Å². The lowest BCUT2D eigenvalue weighted by Crippen LogP contribution is -2.46. The molecule has 3 nitrogen and oxygen atoms in total. The van der Waals surface area contributed by atoms with Crippen LogP contribution in [0.2, 0.25) is 0 Å². The molecule has 0 unspecified atom stereocenters.